The Kier molecular flexibility index (Phi) is 3.34. The van der Waals surface area contributed by atoms with Crippen LogP contribution in [0, 0.1) is 0 Å². The number of methoxy groups -OCH3 is 1. The third kappa shape index (κ3) is 2.13. The fourth-order valence-corrected chi connectivity index (χ4v) is 4.29. The van der Waals surface area contributed by atoms with E-state index in [1.165, 1.54) is 24.0 Å². The van der Waals surface area contributed by atoms with E-state index in [-0.39, 0.29) is 0 Å². The molecule has 3 aromatic rings. The number of hydrogen-bond acceptors (Lipinski definition) is 6. The summed E-state index contributed by atoms with van der Waals surface area (Å²) < 4.78 is 10.5. The summed E-state index contributed by atoms with van der Waals surface area (Å²) in [7, 11) is 1.36. The Morgan fingerprint density at radius 2 is 2.22 bits per heavy atom. The molecule has 2 N–H and O–H groups in total. The van der Waals surface area contributed by atoms with Gasteiger partial charge in [-0.25, -0.2) is 9.78 Å². The first-order valence-electron chi connectivity index (χ1n) is 7.56. The SMILES string of the molecule is COC(=O)c1sc2nc3c(c(-c4ccco4)c2c1N)CCCC3. The molecule has 0 aromatic carbocycles. The molecule has 1 aliphatic rings. The number of carbonyl (C=O) groups excluding carboxylic acids is 1. The number of thiophene rings is 1. The lowest BCUT2D eigenvalue weighted by Crippen LogP contribution is -2.07. The molecule has 3 heterocycles. The van der Waals surface area contributed by atoms with E-state index in [1.54, 1.807) is 6.26 Å². The van der Waals surface area contributed by atoms with Gasteiger partial charge in [-0.1, -0.05) is 0 Å². The number of nitrogens with two attached hydrogens (primary N) is 1. The zero-order valence-electron chi connectivity index (χ0n) is 12.7. The van der Waals surface area contributed by atoms with Crippen LogP contribution in [0.1, 0.15) is 33.8 Å². The summed E-state index contributed by atoms with van der Waals surface area (Å²) in [6, 6.07) is 3.79. The summed E-state index contributed by atoms with van der Waals surface area (Å²) in [6.45, 7) is 0. The number of esters is 1. The smallest absolute Gasteiger partial charge is 0.350 e. The molecule has 0 unspecified atom stereocenters. The normalized spacial score (nSPS) is 14.0. The Labute approximate surface area is 137 Å². The summed E-state index contributed by atoms with van der Waals surface area (Å²) in [6.07, 6.45) is 5.82. The van der Waals surface area contributed by atoms with E-state index in [2.05, 4.69) is 0 Å². The lowest BCUT2D eigenvalue weighted by Gasteiger charge is -2.18. The standard InChI is InChI=1S/C17H16N2O3S/c1-21-17(20)15-14(18)13-12(11-7-4-8-22-11)9-5-2-3-6-10(9)19-16(13)23-15/h4,7-8H,2-3,5-6,18H2,1H3. The highest BCUT2D eigenvalue weighted by molar-refractivity contribution is 7.21. The minimum atomic E-state index is -0.422. The van der Waals surface area contributed by atoms with Gasteiger partial charge in [0.05, 0.1) is 19.1 Å². The lowest BCUT2D eigenvalue weighted by molar-refractivity contribution is 0.0607. The number of anilines is 1. The van der Waals surface area contributed by atoms with Crippen LogP contribution < -0.4 is 5.73 Å². The predicted molar refractivity (Wildman–Crippen MR) is 89.7 cm³/mol. The van der Waals surface area contributed by atoms with Gasteiger partial charge in [0.2, 0.25) is 0 Å². The first kappa shape index (κ1) is 14.3. The number of nitrogens with zero attached hydrogens (tertiary/aromatic N) is 1. The van der Waals surface area contributed by atoms with Gasteiger partial charge in [0, 0.05) is 16.6 Å². The van der Waals surface area contributed by atoms with Crippen LogP contribution >= 0.6 is 11.3 Å². The Hall–Kier alpha value is -2.34. The third-order valence-electron chi connectivity index (χ3n) is 4.29. The van der Waals surface area contributed by atoms with E-state index in [0.29, 0.717) is 10.6 Å². The molecule has 0 spiro atoms. The number of furan rings is 1. The lowest BCUT2D eigenvalue weighted by atomic mass is 9.89. The second-order valence-electron chi connectivity index (χ2n) is 5.61. The van der Waals surface area contributed by atoms with E-state index < -0.39 is 5.97 Å². The van der Waals surface area contributed by atoms with E-state index >= 15 is 0 Å². The Morgan fingerprint density at radius 1 is 1.39 bits per heavy atom. The van der Waals surface area contributed by atoms with Gasteiger partial charge in [-0.3, -0.25) is 0 Å². The minimum Gasteiger partial charge on any atom is -0.465 e. The van der Waals surface area contributed by atoms with Gasteiger partial charge in [-0.05, 0) is 43.4 Å². The molecule has 0 amide bonds. The maximum Gasteiger partial charge on any atom is 0.350 e. The van der Waals surface area contributed by atoms with E-state index in [1.807, 2.05) is 12.1 Å². The van der Waals surface area contributed by atoms with Crippen LogP contribution in [-0.2, 0) is 17.6 Å². The molecule has 0 atom stereocenters. The Morgan fingerprint density at radius 3 is 2.96 bits per heavy atom. The van der Waals surface area contributed by atoms with Crippen LogP contribution in [0.4, 0.5) is 5.69 Å². The number of aryl methyl sites for hydroxylation is 1. The highest BCUT2D eigenvalue weighted by Crippen LogP contribution is 2.43. The van der Waals surface area contributed by atoms with Crippen molar-refractivity contribution in [2.45, 2.75) is 25.7 Å². The molecule has 0 saturated carbocycles. The van der Waals surface area contributed by atoms with Crippen molar-refractivity contribution in [3.63, 3.8) is 0 Å². The van der Waals surface area contributed by atoms with Crippen LogP contribution in [-0.4, -0.2) is 18.1 Å². The Balaban J connectivity index is 2.09. The number of fused-ring (bicyclic) bond motifs is 2. The molecule has 118 valence electrons. The zero-order valence-corrected chi connectivity index (χ0v) is 13.5. The zero-order chi connectivity index (χ0) is 16.0. The van der Waals surface area contributed by atoms with Crippen molar-refractivity contribution in [2.75, 3.05) is 12.8 Å². The predicted octanol–water partition coefficient (Wildman–Crippen LogP) is 3.80. The molecular formula is C17H16N2O3S. The van der Waals surface area contributed by atoms with Crippen LogP contribution in [0.15, 0.2) is 22.8 Å². The highest BCUT2D eigenvalue weighted by Gasteiger charge is 2.26. The van der Waals surface area contributed by atoms with Crippen molar-refractivity contribution in [3.8, 4) is 11.3 Å². The topological polar surface area (TPSA) is 78.3 Å². The van der Waals surface area contributed by atoms with Gasteiger partial charge in [0.1, 0.15) is 15.5 Å². The van der Waals surface area contributed by atoms with Gasteiger partial charge in [0.15, 0.2) is 0 Å². The summed E-state index contributed by atoms with van der Waals surface area (Å²) in [5.41, 5.74) is 9.99. The molecule has 1 aliphatic carbocycles. The number of ether oxygens (including phenoxy) is 1. The van der Waals surface area contributed by atoms with Gasteiger partial charge in [0.25, 0.3) is 0 Å². The van der Waals surface area contributed by atoms with Gasteiger partial charge in [-0.2, -0.15) is 0 Å². The molecule has 23 heavy (non-hydrogen) atoms. The molecule has 0 fully saturated rings. The molecule has 4 rings (SSSR count). The monoisotopic (exact) mass is 328 g/mol. The maximum atomic E-state index is 12.0. The molecule has 0 radical (unpaired) electrons. The average Bonchev–Trinajstić information content (AvgIpc) is 3.21. The van der Waals surface area contributed by atoms with Crippen molar-refractivity contribution >= 4 is 33.2 Å². The number of carbonyl (C=O) groups is 1. The average molecular weight is 328 g/mol. The summed E-state index contributed by atoms with van der Waals surface area (Å²) in [5.74, 6) is 0.352. The van der Waals surface area contributed by atoms with Gasteiger partial charge in [-0.15, -0.1) is 11.3 Å². The number of pyridine rings is 1. The molecular weight excluding hydrogens is 312 g/mol. The van der Waals surface area contributed by atoms with Crippen LogP contribution in [0.2, 0.25) is 0 Å². The van der Waals surface area contributed by atoms with Gasteiger partial charge >= 0.3 is 5.97 Å². The van der Waals surface area contributed by atoms with Crippen molar-refractivity contribution in [1.29, 1.82) is 0 Å². The number of aromatic nitrogens is 1. The summed E-state index contributed by atoms with van der Waals surface area (Å²) in [5, 5.41) is 0.811. The van der Waals surface area contributed by atoms with Crippen molar-refractivity contribution in [3.05, 3.63) is 34.5 Å². The van der Waals surface area contributed by atoms with Crippen molar-refractivity contribution in [1.82, 2.24) is 4.98 Å². The van der Waals surface area contributed by atoms with Gasteiger partial charge < -0.3 is 14.9 Å². The van der Waals surface area contributed by atoms with E-state index in [9.17, 15) is 4.79 Å². The first-order valence-corrected chi connectivity index (χ1v) is 8.38. The second-order valence-corrected chi connectivity index (χ2v) is 6.61. The number of rotatable bonds is 2. The molecule has 0 aliphatic heterocycles. The first-order chi connectivity index (χ1) is 11.2. The fraction of sp³-hybridized carbons (Fsp3) is 0.294. The van der Waals surface area contributed by atoms with Crippen LogP contribution in [0.5, 0.6) is 0 Å². The number of hydrogen-bond donors (Lipinski definition) is 1. The number of nitrogen functional groups attached to an aromatic ring is 1. The molecule has 3 aromatic heterocycles. The van der Waals surface area contributed by atoms with E-state index in [0.717, 1.165) is 52.9 Å². The summed E-state index contributed by atoms with van der Waals surface area (Å²) >= 11 is 1.29. The largest absolute Gasteiger partial charge is 0.465 e. The highest BCUT2D eigenvalue weighted by atomic mass is 32.1. The molecule has 5 nitrogen and oxygen atoms in total. The molecule has 6 heteroatoms. The molecule has 0 bridgehead atoms. The van der Waals surface area contributed by atoms with Crippen molar-refractivity contribution < 1.29 is 13.9 Å². The summed E-state index contributed by atoms with van der Waals surface area (Å²) in [4.78, 5) is 17.9. The van der Waals surface area contributed by atoms with Crippen molar-refractivity contribution in [2.24, 2.45) is 0 Å². The fourth-order valence-electron chi connectivity index (χ4n) is 3.24. The maximum absolute atomic E-state index is 12.0. The Bertz CT molecular complexity index is 897. The van der Waals surface area contributed by atoms with E-state index in [4.69, 9.17) is 19.9 Å². The van der Waals surface area contributed by atoms with Crippen LogP contribution in [0.25, 0.3) is 21.5 Å². The second kappa shape index (κ2) is 5.38. The van der Waals surface area contributed by atoms with Crippen LogP contribution in [0.3, 0.4) is 0 Å². The third-order valence-corrected chi connectivity index (χ3v) is 5.37. The quantitative estimate of drug-likeness (QED) is 0.724. The minimum absolute atomic E-state index is 0.408. The molecule has 0 saturated heterocycles.